The van der Waals surface area contributed by atoms with Crippen LogP contribution in [0.5, 0.6) is 0 Å². The number of aromatic nitrogens is 2. The van der Waals surface area contributed by atoms with Crippen molar-refractivity contribution in [2.75, 3.05) is 0 Å². The molecule has 0 saturated heterocycles. The summed E-state index contributed by atoms with van der Waals surface area (Å²) >= 11 is 6.15. The molecule has 0 unspecified atom stereocenters. The Morgan fingerprint density at radius 2 is 1.83 bits per heavy atom. The van der Waals surface area contributed by atoms with Crippen molar-refractivity contribution in [3.05, 3.63) is 64.9 Å². The number of ketones is 2. The van der Waals surface area contributed by atoms with Crippen molar-refractivity contribution < 1.29 is 9.59 Å². The number of hydrogen-bond acceptors (Lipinski definition) is 3. The number of rotatable bonds is 5. The van der Waals surface area contributed by atoms with Gasteiger partial charge in [0.05, 0.1) is 17.6 Å². The number of imidazole rings is 1. The van der Waals surface area contributed by atoms with Gasteiger partial charge in [-0.25, -0.2) is 4.98 Å². The molecule has 1 heterocycles. The highest BCUT2D eigenvalue weighted by atomic mass is 35.5. The van der Waals surface area contributed by atoms with Crippen LogP contribution in [-0.4, -0.2) is 21.1 Å². The molecule has 116 valence electrons. The van der Waals surface area contributed by atoms with Crippen LogP contribution >= 0.6 is 11.6 Å². The van der Waals surface area contributed by atoms with Gasteiger partial charge in [0.25, 0.3) is 0 Å². The van der Waals surface area contributed by atoms with Crippen LogP contribution in [0.3, 0.4) is 0 Å². The van der Waals surface area contributed by atoms with Gasteiger partial charge in [0.2, 0.25) is 5.28 Å². The Bertz CT molecular complexity index is 885. The van der Waals surface area contributed by atoms with Gasteiger partial charge in [-0.1, -0.05) is 42.5 Å². The van der Waals surface area contributed by atoms with Gasteiger partial charge in [0, 0.05) is 12.0 Å². The molecular weight excluding hydrogens is 312 g/mol. The van der Waals surface area contributed by atoms with Crippen molar-refractivity contribution >= 4 is 34.2 Å². The third kappa shape index (κ3) is 3.17. The van der Waals surface area contributed by atoms with Crippen molar-refractivity contribution in [1.82, 2.24) is 9.55 Å². The fourth-order valence-corrected chi connectivity index (χ4v) is 2.83. The summed E-state index contributed by atoms with van der Waals surface area (Å²) in [5.41, 5.74) is 2.91. The Labute approximate surface area is 138 Å². The van der Waals surface area contributed by atoms with Gasteiger partial charge in [-0.05, 0) is 30.2 Å². The molecule has 0 aliphatic carbocycles. The maximum absolute atomic E-state index is 12.4. The molecule has 0 bridgehead atoms. The second-order valence-electron chi connectivity index (χ2n) is 5.42. The van der Waals surface area contributed by atoms with Crippen LogP contribution in [0.2, 0.25) is 5.28 Å². The molecule has 0 spiro atoms. The Balaban J connectivity index is 1.99. The van der Waals surface area contributed by atoms with Gasteiger partial charge in [-0.3, -0.25) is 9.59 Å². The summed E-state index contributed by atoms with van der Waals surface area (Å²) in [6, 6.07) is 14.7. The van der Waals surface area contributed by atoms with E-state index in [1.165, 1.54) is 6.92 Å². The second-order valence-corrected chi connectivity index (χ2v) is 5.76. The predicted molar refractivity (Wildman–Crippen MR) is 89.9 cm³/mol. The van der Waals surface area contributed by atoms with Crippen LogP contribution in [0.1, 0.15) is 22.8 Å². The molecule has 0 saturated carbocycles. The lowest BCUT2D eigenvalue weighted by molar-refractivity contribution is -0.117. The zero-order valence-electron chi connectivity index (χ0n) is 12.6. The van der Waals surface area contributed by atoms with E-state index in [4.69, 9.17) is 11.6 Å². The monoisotopic (exact) mass is 326 g/mol. The lowest BCUT2D eigenvalue weighted by atomic mass is 10.0. The highest BCUT2D eigenvalue weighted by Crippen LogP contribution is 2.24. The smallest absolute Gasteiger partial charge is 0.204 e. The normalized spacial score (nSPS) is 10.9. The Hall–Kier alpha value is -2.46. The predicted octanol–water partition coefficient (Wildman–Crippen LogP) is 3.70. The van der Waals surface area contributed by atoms with Crippen LogP contribution in [0.4, 0.5) is 0 Å². The number of benzene rings is 2. The summed E-state index contributed by atoms with van der Waals surface area (Å²) in [7, 11) is 0. The highest BCUT2D eigenvalue weighted by Gasteiger charge is 2.15. The molecule has 2 aromatic carbocycles. The van der Waals surface area contributed by atoms with Gasteiger partial charge in [-0.2, -0.15) is 0 Å². The van der Waals surface area contributed by atoms with E-state index in [-0.39, 0.29) is 29.8 Å². The molecule has 0 atom stereocenters. The summed E-state index contributed by atoms with van der Waals surface area (Å²) in [6.45, 7) is 1.68. The number of Topliss-reactive ketones (excluding diaryl/α,β-unsaturated/α-hetero) is 2. The number of para-hydroxylation sites is 1. The number of nitrogens with zero attached hydrogens (tertiary/aromatic N) is 2. The van der Waals surface area contributed by atoms with Crippen LogP contribution in [0, 0.1) is 0 Å². The highest BCUT2D eigenvalue weighted by molar-refractivity contribution is 6.29. The average molecular weight is 327 g/mol. The Kier molecular flexibility index (Phi) is 4.26. The minimum atomic E-state index is -0.00281. The Morgan fingerprint density at radius 3 is 2.52 bits per heavy atom. The minimum absolute atomic E-state index is 0.00281. The molecule has 0 amide bonds. The van der Waals surface area contributed by atoms with E-state index in [2.05, 4.69) is 4.98 Å². The van der Waals surface area contributed by atoms with Gasteiger partial charge >= 0.3 is 0 Å². The molecule has 0 radical (unpaired) electrons. The summed E-state index contributed by atoms with van der Waals surface area (Å²) < 4.78 is 1.66. The SMILES string of the molecule is CC(=O)Cn1c(Cl)nc2c(CC(=O)c3ccccc3)cccc21. The summed E-state index contributed by atoms with van der Waals surface area (Å²) in [6.07, 6.45) is 0.245. The number of fused-ring (bicyclic) bond motifs is 1. The standard InChI is InChI=1S/C18H15ClN2O2/c1-12(22)11-21-15-9-5-8-14(17(15)20-18(21)19)10-16(23)13-6-3-2-4-7-13/h2-9H,10-11H2,1H3. The zero-order chi connectivity index (χ0) is 16.4. The molecule has 0 fully saturated rings. The van der Waals surface area contributed by atoms with Crippen molar-refractivity contribution in [1.29, 1.82) is 0 Å². The van der Waals surface area contributed by atoms with Crippen LogP contribution in [-0.2, 0) is 17.8 Å². The third-order valence-electron chi connectivity index (χ3n) is 3.64. The fourth-order valence-electron chi connectivity index (χ4n) is 2.59. The summed E-state index contributed by atoms with van der Waals surface area (Å²) in [5.74, 6) is 0.0207. The van der Waals surface area contributed by atoms with E-state index in [0.29, 0.717) is 11.1 Å². The van der Waals surface area contributed by atoms with Crippen LogP contribution in [0.25, 0.3) is 11.0 Å². The number of carbonyl (C=O) groups excluding carboxylic acids is 2. The van der Waals surface area contributed by atoms with Crippen molar-refractivity contribution in [3.63, 3.8) is 0 Å². The van der Waals surface area contributed by atoms with Crippen molar-refractivity contribution in [2.45, 2.75) is 19.9 Å². The van der Waals surface area contributed by atoms with Gasteiger partial charge in [0.15, 0.2) is 5.78 Å². The second kappa shape index (κ2) is 6.34. The lowest BCUT2D eigenvalue weighted by Crippen LogP contribution is -2.06. The van der Waals surface area contributed by atoms with Gasteiger partial charge in [-0.15, -0.1) is 0 Å². The maximum atomic E-state index is 12.4. The van der Waals surface area contributed by atoms with E-state index in [9.17, 15) is 9.59 Å². The van der Waals surface area contributed by atoms with E-state index in [0.717, 1.165) is 11.1 Å². The maximum Gasteiger partial charge on any atom is 0.204 e. The number of hydrogen-bond donors (Lipinski definition) is 0. The van der Waals surface area contributed by atoms with E-state index in [1.54, 1.807) is 16.7 Å². The summed E-state index contributed by atoms with van der Waals surface area (Å²) in [5, 5.41) is 0.259. The molecule has 1 aromatic heterocycles. The van der Waals surface area contributed by atoms with Crippen molar-refractivity contribution in [3.8, 4) is 0 Å². The molecule has 23 heavy (non-hydrogen) atoms. The first-order valence-corrected chi connectivity index (χ1v) is 7.65. The quantitative estimate of drug-likeness (QED) is 0.672. The lowest BCUT2D eigenvalue weighted by Gasteiger charge is -2.05. The molecule has 0 aliphatic heterocycles. The van der Waals surface area contributed by atoms with Crippen molar-refractivity contribution in [2.24, 2.45) is 0 Å². The van der Waals surface area contributed by atoms with Gasteiger partial charge in [0.1, 0.15) is 5.78 Å². The van der Waals surface area contributed by atoms with Crippen LogP contribution < -0.4 is 0 Å². The first-order valence-electron chi connectivity index (χ1n) is 7.27. The molecule has 3 aromatic rings. The van der Waals surface area contributed by atoms with E-state index in [1.807, 2.05) is 36.4 Å². The molecule has 5 heteroatoms. The van der Waals surface area contributed by atoms with E-state index < -0.39 is 0 Å². The first-order chi connectivity index (χ1) is 11.1. The zero-order valence-corrected chi connectivity index (χ0v) is 13.4. The molecule has 3 rings (SSSR count). The van der Waals surface area contributed by atoms with Crippen LogP contribution in [0.15, 0.2) is 48.5 Å². The molecular formula is C18H15ClN2O2. The minimum Gasteiger partial charge on any atom is -0.307 e. The molecule has 0 N–H and O–H groups in total. The Morgan fingerprint density at radius 1 is 1.09 bits per heavy atom. The third-order valence-corrected chi connectivity index (χ3v) is 3.93. The average Bonchev–Trinajstić information content (AvgIpc) is 2.85. The topological polar surface area (TPSA) is 52.0 Å². The molecule has 0 aliphatic rings. The summed E-state index contributed by atoms with van der Waals surface area (Å²) in [4.78, 5) is 28.1. The van der Waals surface area contributed by atoms with Gasteiger partial charge < -0.3 is 4.57 Å². The number of carbonyl (C=O) groups is 2. The van der Waals surface area contributed by atoms with E-state index >= 15 is 0 Å². The largest absolute Gasteiger partial charge is 0.307 e. The molecule has 4 nitrogen and oxygen atoms in total. The number of halogens is 1. The first kappa shape index (κ1) is 15.4. The fraction of sp³-hybridized carbons (Fsp3) is 0.167.